The molecule has 0 saturated heterocycles. The van der Waals surface area contributed by atoms with Gasteiger partial charge in [-0.25, -0.2) is 4.68 Å². The second kappa shape index (κ2) is 8.63. The molecule has 0 spiro atoms. The van der Waals surface area contributed by atoms with E-state index in [1.165, 1.54) is 11.9 Å². The quantitative estimate of drug-likeness (QED) is 0.546. The van der Waals surface area contributed by atoms with Crippen molar-refractivity contribution in [2.75, 3.05) is 11.9 Å². The predicted molar refractivity (Wildman–Crippen MR) is 130 cm³/mol. The summed E-state index contributed by atoms with van der Waals surface area (Å²) in [5, 5.41) is 7.79. The van der Waals surface area contributed by atoms with Gasteiger partial charge in [0.2, 0.25) is 5.95 Å². The monoisotopic (exact) mass is 458 g/mol. The van der Waals surface area contributed by atoms with Crippen molar-refractivity contribution in [3.63, 3.8) is 0 Å². The van der Waals surface area contributed by atoms with Gasteiger partial charge in [0.1, 0.15) is 19.0 Å². The van der Waals surface area contributed by atoms with Crippen LogP contribution >= 0.6 is 0 Å². The Bertz CT molecular complexity index is 1270. The molecule has 1 atom stereocenters. The van der Waals surface area contributed by atoms with Crippen LogP contribution in [0.2, 0.25) is 0 Å². The van der Waals surface area contributed by atoms with Gasteiger partial charge in [-0.2, -0.15) is 10.1 Å². The first-order valence-corrected chi connectivity index (χ1v) is 11.7. The lowest BCUT2D eigenvalue weighted by Gasteiger charge is -2.38. The van der Waals surface area contributed by atoms with Gasteiger partial charge >= 0.3 is 0 Å². The van der Waals surface area contributed by atoms with Crippen LogP contribution in [-0.2, 0) is 11.4 Å². The molecule has 0 radical (unpaired) electrons. The molecule has 34 heavy (non-hydrogen) atoms. The normalized spacial score (nSPS) is 18.7. The van der Waals surface area contributed by atoms with Crippen molar-refractivity contribution in [1.82, 2.24) is 14.8 Å². The summed E-state index contributed by atoms with van der Waals surface area (Å²) in [5.41, 5.74) is 4.81. The summed E-state index contributed by atoms with van der Waals surface area (Å²) in [6, 6.07) is 13.8. The van der Waals surface area contributed by atoms with Gasteiger partial charge in [-0.1, -0.05) is 49.7 Å². The lowest BCUT2D eigenvalue weighted by molar-refractivity contribution is -0.118. The van der Waals surface area contributed by atoms with E-state index in [-0.39, 0.29) is 17.2 Å². The first kappa shape index (κ1) is 22.2. The number of hydrogen-bond donors (Lipinski definition) is 1. The maximum absolute atomic E-state index is 13.3. The maximum Gasteiger partial charge on any atom is 0.226 e. The molecule has 2 aromatic carbocycles. The molecule has 5 rings (SSSR count). The second-order valence-corrected chi connectivity index (χ2v) is 9.81. The highest BCUT2D eigenvalue weighted by molar-refractivity contribution is 6.00. The summed E-state index contributed by atoms with van der Waals surface area (Å²) in [6.07, 6.45) is 2.81. The average molecular weight is 459 g/mol. The maximum atomic E-state index is 13.3. The molecular formula is C27H30N4O3. The fourth-order valence-electron chi connectivity index (χ4n) is 4.90. The Morgan fingerprint density at radius 1 is 1.12 bits per heavy atom. The Labute approximate surface area is 199 Å². The topological polar surface area (TPSA) is 78.3 Å². The minimum Gasteiger partial charge on any atom is -0.490 e. The van der Waals surface area contributed by atoms with Crippen LogP contribution in [0.5, 0.6) is 11.5 Å². The van der Waals surface area contributed by atoms with Crippen LogP contribution in [0.3, 0.4) is 0 Å². The lowest BCUT2D eigenvalue weighted by atomic mass is 9.73. The van der Waals surface area contributed by atoms with Gasteiger partial charge in [-0.15, -0.1) is 0 Å². The van der Waals surface area contributed by atoms with E-state index in [1.807, 2.05) is 37.3 Å². The molecule has 1 aromatic heterocycles. The molecule has 0 amide bonds. The molecule has 1 N–H and O–H groups in total. The number of fused-ring (bicyclic) bond motifs is 1. The minimum atomic E-state index is -0.359. The molecule has 1 unspecified atom stereocenters. The number of aryl methyl sites for hydroxylation is 1. The van der Waals surface area contributed by atoms with Crippen molar-refractivity contribution in [3.8, 4) is 11.5 Å². The zero-order valence-electron chi connectivity index (χ0n) is 20.1. The first-order valence-electron chi connectivity index (χ1n) is 11.7. The summed E-state index contributed by atoms with van der Waals surface area (Å²) in [4.78, 5) is 17.7. The number of nitrogens with zero attached hydrogens (tertiary/aromatic N) is 3. The van der Waals surface area contributed by atoms with Crippen LogP contribution in [0, 0.1) is 12.3 Å². The molecular weight excluding hydrogens is 428 g/mol. The minimum absolute atomic E-state index is 0.0976. The third-order valence-corrected chi connectivity index (χ3v) is 6.33. The highest BCUT2D eigenvalue weighted by atomic mass is 16.5. The Hall–Kier alpha value is -3.61. The molecule has 1 aliphatic carbocycles. The van der Waals surface area contributed by atoms with Crippen molar-refractivity contribution in [1.29, 1.82) is 0 Å². The summed E-state index contributed by atoms with van der Waals surface area (Å²) in [7, 11) is 0. The van der Waals surface area contributed by atoms with E-state index in [2.05, 4.69) is 48.3 Å². The first-order chi connectivity index (χ1) is 16.3. The molecule has 2 aliphatic rings. The average Bonchev–Trinajstić information content (AvgIpc) is 3.24. The second-order valence-electron chi connectivity index (χ2n) is 9.81. The molecule has 0 bridgehead atoms. The molecule has 0 fully saturated rings. The van der Waals surface area contributed by atoms with E-state index in [9.17, 15) is 4.79 Å². The summed E-state index contributed by atoms with van der Waals surface area (Å²) >= 11 is 0. The molecule has 1 aliphatic heterocycles. The van der Waals surface area contributed by atoms with E-state index in [1.54, 1.807) is 4.68 Å². The molecule has 3 aromatic rings. The number of ether oxygens (including phenoxy) is 2. The highest BCUT2D eigenvalue weighted by Crippen LogP contribution is 2.46. The zero-order valence-corrected chi connectivity index (χ0v) is 20.1. The molecule has 0 saturated carbocycles. The third kappa shape index (κ3) is 4.18. The largest absolute Gasteiger partial charge is 0.490 e. The van der Waals surface area contributed by atoms with Gasteiger partial charge in [0, 0.05) is 17.7 Å². The number of ketones is 1. The van der Waals surface area contributed by atoms with Crippen molar-refractivity contribution in [3.05, 3.63) is 76.8 Å². The SMILES string of the molecule is CCOc1cc(C2C3=C(CC(C)(C)CC3=O)Nc3ncnn32)ccc1OCc1cccc(C)c1. The number of carbonyl (C=O) groups is 1. The Kier molecular flexibility index (Phi) is 5.63. The van der Waals surface area contributed by atoms with Crippen molar-refractivity contribution >= 4 is 11.7 Å². The number of carbonyl (C=O) groups excluding carboxylic acids is 1. The van der Waals surface area contributed by atoms with Crippen LogP contribution in [-0.4, -0.2) is 27.2 Å². The van der Waals surface area contributed by atoms with E-state index in [0.29, 0.717) is 37.1 Å². The number of aromatic nitrogens is 3. The summed E-state index contributed by atoms with van der Waals surface area (Å²) in [5.74, 6) is 2.11. The van der Waals surface area contributed by atoms with E-state index < -0.39 is 0 Å². The third-order valence-electron chi connectivity index (χ3n) is 6.33. The number of anilines is 1. The van der Waals surface area contributed by atoms with Crippen LogP contribution in [0.15, 0.2) is 60.1 Å². The lowest BCUT2D eigenvalue weighted by Crippen LogP contribution is -2.36. The van der Waals surface area contributed by atoms with Gasteiger partial charge < -0.3 is 14.8 Å². The summed E-state index contributed by atoms with van der Waals surface area (Å²) in [6.45, 7) is 9.22. The number of Topliss-reactive ketones (excluding diaryl/α,β-unsaturated/α-hetero) is 1. The highest BCUT2D eigenvalue weighted by Gasteiger charge is 2.41. The van der Waals surface area contributed by atoms with E-state index in [0.717, 1.165) is 28.8 Å². The van der Waals surface area contributed by atoms with Gasteiger partial charge in [-0.3, -0.25) is 4.79 Å². The standard InChI is InChI=1S/C27H30N4O3/c1-5-33-23-12-19(9-10-22(23)34-15-18-8-6-7-17(2)11-18)25-24-20(13-27(3,4)14-21(24)32)30-26-28-16-29-31(25)26/h6-12,16,25H,5,13-15H2,1-4H3,(H,28,29,30). The van der Waals surface area contributed by atoms with Crippen LogP contribution in [0.25, 0.3) is 0 Å². The van der Waals surface area contributed by atoms with Gasteiger partial charge in [0.25, 0.3) is 0 Å². The predicted octanol–water partition coefficient (Wildman–Crippen LogP) is 5.22. The van der Waals surface area contributed by atoms with Gasteiger partial charge in [0.05, 0.1) is 6.61 Å². The van der Waals surface area contributed by atoms with E-state index >= 15 is 0 Å². The summed E-state index contributed by atoms with van der Waals surface area (Å²) < 4.78 is 13.9. The smallest absolute Gasteiger partial charge is 0.226 e. The Balaban J connectivity index is 1.52. The number of benzene rings is 2. The van der Waals surface area contributed by atoms with Gasteiger partial charge in [0.15, 0.2) is 17.3 Å². The molecule has 7 heteroatoms. The van der Waals surface area contributed by atoms with Crippen LogP contribution < -0.4 is 14.8 Å². The van der Waals surface area contributed by atoms with Crippen LogP contribution in [0.4, 0.5) is 5.95 Å². The number of allylic oxidation sites excluding steroid dienone is 2. The number of hydrogen-bond acceptors (Lipinski definition) is 6. The number of rotatable bonds is 6. The van der Waals surface area contributed by atoms with Crippen molar-refractivity contribution < 1.29 is 14.3 Å². The van der Waals surface area contributed by atoms with E-state index in [4.69, 9.17) is 9.47 Å². The Morgan fingerprint density at radius 3 is 2.76 bits per heavy atom. The number of nitrogens with one attached hydrogen (secondary N) is 1. The van der Waals surface area contributed by atoms with Crippen LogP contribution in [0.1, 0.15) is 56.3 Å². The Morgan fingerprint density at radius 2 is 1.97 bits per heavy atom. The van der Waals surface area contributed by atoms with Crippen molar-refractivity contribution in [2.45, 2.75) is 53.2 Å². The van der Waals surface area contributed by atoms with Crippen molar-refractivity contribution in [2.24, 2.45) is 5.41 Å². The fourth-order valence-corrected chi connectivity index (χ4v) is 4.90. The molecule has 176 valence electrons. The fraction of sp³-hybridized carbons (Fsp3) is 0.370. The molecule has 7 nitrogen and oxygen atoms in total. The zero-order chi connectivity index (χ0) is 23.9. The van der Waals surface area contributed by atoms with Gasteiger partial charge in [-0.05, 0) is 48.9 Å². The molecule has 2 heterocycles.